The molecule has 0 aromatic heterocycles. The van der Waals surface area contributed by atoms with Crippen molar-refractivity contribution in [2.24, 2.45) is 0 Å². The largest absolute Gasteiger partial charge is 0.497 e. The molecule has 3 nitrogen and oxygen atoms in total. The van der Waals surface area contributed by atoms with E-state index < -0.39 is 0 Å². The molecular weight excluding hydrogens is 318 g/mol. The Morgan fingerprint density at radius 2 is 1.75 bits per heavy atom. The summed E-state index contributed by atoms with van der Waals surface area (Å²) in [6, 6.07) is 14.0. The first kappa shape index (κ1) is 14.9. The highest BCUT2D eigenvalue weighted by Crippen LogP contribution is 2.34. The third kappa shape index (κ3) is 2.97. The monoisotopic (exact) mass is 335 g/mol. The van der Waals surface area contributed by atoms with Gasteiger partial charge >= 0.3 is 0 Å². The Bertz CT molecular complexity index is 586. The Hall–Kier alpha value is -1.52. The first-order valence-corrected chi connectivity index (χ1v) is 7.14. The van der Waals surface area contributed by atoms with Crippen LogP contribution in [0.1, 0.15) is 17.2 Å². The van der Waals surface area contributed by atoms with Crippen molar-refractivity contribution in [1.29, 1.82) is 0 Å². The molecule has 0 aliphatic rings. The second kappa shape index (κ2) is 6.77. The van der Waals surface area contributed by atoms with Crippen molar-refractivity contribution in [3.8, 4) is 11.5 Å². The van der Waals surface area contributed by atoms with E-state index in [0.717, 1.165) is 27.1 Å². The fourth-order valence-corrected chi connectivity index (χ4v) is 2.84. The van der Waals surface area contributed by atoms with Crippen molar-refractivity contribution in [1.82, 2.24) is 5.32 Å². The fraction of sp³-hybridized carbons (Fsp3) is 0.250. The van der Waals surface area contributed by atoms with E-state index >= 15 is 0 Å². The topological polar surface area (TPSA) is 30.5 Å². The summed E-state index contributed by atoms with van der Waals surface area (Å²) < 4.78 is 11.7. The van der Waals surface area contributed by atoms with Gasteiger partial charge in [0.05, 0.1) is 20.3 Å². The van der Waals surface area contributed by atoms with Gasteiger partial charge in [-0.2, -0.15) is 0 Å². The van der Waals surface area contributed by atoms with Crippen LogP contribution in [0.25, 0.3) is 0 Å². The molecule has 0 aliphatic heterocycles. The SMILES string of the molecule is CNC(c1ccc(OC)cc1Br)c1ccccc1OC. The average molecular weight is 336 g/mol. The van der Waals surface area contributed by atoms with Crippen LogP contribution in [-0.2, 0) is 0 Å². The second-order valence-electron chi connectivity index (χ2n) is 4.35. The van der Waals surface area contributed by atoms with Gasteiger partial charge in [0.2, 0.25) is 0 Å². The third-order valence-corrected chi connectivity index (χ3v) is 3.94. The summed E-state index contributed by atoms with van der Waals surface area (Å²) in [5.41, 5.74) is 2.24. The number of hydrogen-bond acceptors (Lipinski definition) is 3. The summed E-state index contributed by atoms with van der Waals surface area (Å²) in [7, 11) is 5.29. The van der Waals surface area contributed by atoms with Crippen molar-refractivity contribution < 1.29 is 9.47 Å². The Morgan fingerprint density at radius 3 is 2.35 bits per heavy atom. The normalized spacial score (nSPS) is 12.0. The third-order valence-electron chi connectivity index (χ3n) is 3.26. The van der Waals surface area contributed by atoms with Gasteiger partial charge < -0.3 is 14.8 Å². The smallest absolute Gasteiger partial charge is 0.123 e. The molecule has 0 spiro atoms. The molecule has 0 aliphatic carbocycles. The number of hydrogen-bond donors (Lipinski definition) is 1. The molecule has 0 saturated carbocycles. The van der Waals surface area contributed by atoms with Crippen molar-refractivity contribution >= 4 is 15.9 Å². The van der Waals surface area contributed by atoms with Crippen LogP contribution >= 0.6 is 15.9 Å². The van der Waals surface area contributed by atoms with E-state index in [0.29, 0.717) is 0 Å². The summed E-state index contributed by atoms with van der Waals surface area (Å²) in [5.74, 6) is 1.70. The van der Waals surface area contributed by atoms with Gasteiger partial charge in [-0.3, -0.25) is 0 Å². The van der Waals surface area contributed by atoms with Gasteiger partial charge in [0, 0.05) is 10.0 Å². The van der Waals surface area contributed by atoms with E-state index in [4.69, 9.17) is 9.47 Å². The molecule has 2 aromatic carbocycles. The molecule has 20 heavy (non-hydrogen) atoms. The van der Waals surface area contributed by atoms with Gasteiger partial charge in [0.15, 0.2) is 0 Å². The van der Waals surface area contributed by atoms with Crippen LogP contribution < -0.4 is 14.8 Å². The first-order chi connectivity index (χ1) is 9.71. The molecule has 1 N–H and O–H groups in total. The lowest BCUT2D eigenvalue weighted by atomic mass is 9.98. The highest BCUT2D eigenvalue weighted by atomic mass is 79.9. The summed E-state index contributed by atoms with van der Waals surface area (Å²) in [6.45, 7) is 0. The minimum atomic E-state index is 0.0476. The Balaban J connectivity index is 2.47. The standard InChI is InChI=1S/C16H18BrNO2/c1-18-16(13-6-4-5-7-15(13)20-3)12-9-8-11(19-2)10-14(12)17/h4-10,16,18H,1-3H3. The Morgan fingerprint density at radius 1 is 1.00 bits per heavy atom. The molecule has 2 rings (SSSR count). The number of rotatable bonds is 5. The van der Waals surface area contributed by atoms with Crippen LogP contribution in [0.15, 0.2) is 46.9 Å². The summed E-state index contributed by atoms with van der Waals surface area (Å²) >= 11 is 3.61. The Labute approximate surface area is 128 Å². The first-order valence-electron chi connectivity index (χ1n) is 6.35. The summed E-state index contributed by atoms with van der Waals surface area (Å²) in [4.78, 5) is 0. The molecule has 0 heterocycles. The van der Waals surface area contributed by atoms with Gasteiger partial charge in [-0.05, 0) is 30.8 Å². The van der Waals surface area contributed by atoms with Crippen molar-refractivity contribution in [3.05, 3.63) is 58.1 Å². The molecule has 0 bridgehead atoms. The zero-order chi connectivity index (χ0) is 14.5. The number of para-hydroxylation sites is 1. The van der Waals surface area contributed by atoms with Crippen LogP contribution in [0, 0.1) is 0 Å². The minimum Gasteiger partial charge on any atom is -0.497 e. The van der Waals surface area contributed by atoms with Gasteiger partial charge in [0.25, 0.3) is 0 Å². The van der Waals surface area contributed by atoms with Crippen molar-refractivity contribution in [2.45, 2.75) is 6.04 Å². The van der Waals surface area contributed by atoms with E-state index in [1.165, 1.54) is 0 Å². The molecule has 2 aromatic rings. The van der Waals surface area contributed by atoms with Crippen LogP contribution in [0.5, 0.6) is 11.5 Å². The fourth-order valence-electron chi connectivity index (χ4n) is 2.25. The second-order valence-corrected chi connectivity index (χ2v) is 5.21. The lowest BCUT2D eigenvalue weighted by Crippen LogP contribution is -2.18. The lowest BCUT2D eigenvalue weighted by molar-refractivity contribution is 0.405. The van der Waals surface area contributed by atoms with Crippen molar-refractivity contribution in [3.63, 3.8) is 0 Å². The molecule has 1 unspecified atom stereocenters. The summed E-state index contributed by atoms with van der Waals surface area (Å²) in [5, 5.41) is 3.34. The maximum atomic E-state index is 5.45. The van der Waals surface area contributed by atoms with Crippen LogP contribution in [0.2, 0.25) is 0 Å². The maximum Gasteiger partial charge on any atom is 0.123 e. The van der Waals surface area contributed by atoms with Gasteiger partial charge in [0.1, 0.15) is 11.5 Å². The van der Waals surface area contributed by atoms with Crippen molar-refractivity contribution in [2.75, 3.05) is 21.3 Å². The number of benzene rings is 2. The predicted molar refractivity (Wildman–Crippen MR) is 84.6 cm³/mol. The highest BCUT2D eigenvalue weighted by Gasteiger charge is 2.18. The van der Waals surface area contributed by atoms with E-state index in [2.05, 4.69) is 33.4 Å². The van der Waals surface area contributed by atoms with E-state index in [9.17, 15) is 0 Å². The molecule has 0 amide bonds. The van der Waals surface area contributed by atoms with E-state index in [1.807, 2.05) is 37.4 Å². The molecular formula is C16H18BrNO2. The van der Waals surface area contributed by atoms with Gasteiger partial charge in [-0.15, -0.1) is 0 Å². The average Bonchev–Trinajstić information content (AvgIpc) is 2.50. The number of methoxy groups -OCH3 is 2. The number of nitrogens with one attached hydrogen (secondary N) is 1. The zero-order valence-electron chi connectivity index (χ0n) is 11.8. The predicted octanol–water partition coefficient (Wildman–Crippen LogP) is 3.78. The van der Waals surface area contributed by atoms with Gasteiger partial charge in [-0.1, -0.05) is 40.2 Å². The van der Waals surface area contributed by atoms with Crippen LogP contribution in [-0.4, -0.2) is 21.3 Å². The number of halogens is 1. The summed E-state index contributed by atoms with van der Waals surface area (Å²) in [6.07, 6.45) is 0. The maximum absolute atomic E-state index is 5.45. The zero-order valence-corrected chi connectivity index (χ0v) is 13.4. The molecule has 0 saturated heterocycles. The lowest BCUT2D eigenvalue weighted by Gasteiger charge is -2.21. The number of ether oxygens (including phenoxy) is 2. The Kier molecular flexibility index (Phi) is 5.04. The van der Waals surface area contributed by atoms with E-state index in [-0.39, 0.29) is 6.04 Å². The van der Waals surface area contributed by atoms with Crippen LogP contribution in [0.4, 0.5) is 0 Å². The minimum absolute atomic E-state index is 0.0476. The molecule has 0 radical (unpaired) electrons. The highest BCUT2D eigenvalue weighted by molar-refractivity contribution is 9.10. The van der Waals surface area contributed by atoms with Gasteiger partial charge in [-0.25, -0.2) is 0 Å². The molecule has 0 fully saturated rings. The molecule has 4 heteroatoms. The van der Waals surface area contributed by atoms with E-state index in [1.54, 1.807) is 14.2 Å². The molecule has 106 valence electrons. The quantitative estimate of drug-likeness (QED) is 0.902. The molecule has 1 atom stereocenters. The van der Waals surface area contributed by atoms with Crippen LogP contribution in [0.3, 0.4) is 0 Å².